The number of rotatable bonds is 3. The number of sulfone groups is 1. The zero-order valence-electron chi connectivity index (χ0n) is 16.3. The van der Waals surface area contributed by atoms with E-state index in [2.05, 4.69) is 10.1 Å². The first-order chi connectivity index (χ1) is 14.6. The fraction of sp³-hybridized carbons (Fsp3) is 0.316. The van der Waals surface area contributed by atoms with Crippen molar-refractivity contribution in [3.8, 4) is 11.3 Å². The standard InChI is InChI=1S/C19H17F3N4O4S/c1-31(28,29)13-4-2-12(3-5-13)15-10-16(19(20,21)22)26-17(24-15)14(11-23-26)18(27)25-6-8-30-9-7-25/h2-5,10-11H,6-9H2,1H3. The second-order valence-corrected chi connectivity index (χ2v) is 9.03. The second-order valence-electron chi connectivity index (χ2n) is 7.02. The van der Waals surface area contributed by atoms with Gasteiger partial charge in [-0.1, -0.05) is 12.1 Å². The van der Waals surface area contributed by atoms with E-state index >= 15 is 0 Å². The molecule has 1 saturated heterocycles. The third kappa shape index (κ3) is 4.12. The van der Waals surface area contributed by atoms with Crippen molar-refractivity contribution in [2.45, 2.75) is 11.1 Å². The van der Waals surface area contributed by atoms with Crippen molar-refractivity contribution in [1.29, 1.82) is 0 Å². The number of fused-ring (bicyclic) bond motifs is 1. The molecule has 164 valence electrons. The van der Waals surface area contributed by atoms with E-state index in [1.807, 2.05) is 0 Å². The predicted octanol–water partition coefficient (Wildman–Crippen LogP) is 2.29. The summed E-state index contributed by atoms with van der Waals surface area (Å²) < 4.78 is 70.3. The Morgan fingerprint density at radius 3 is 2.35 bits per heavy atom. The first-order valence-electron chi connectivity index (χ1n) is 9.19. The lowest BCUT2D eigenvalue weighted by Gasteiger charge is -2.26. The lowest BCUT2D eigenvalue weighted by Crippen LogP contribution is -2.40. The number of amides is 1. The monoisotopic (exact) mass is 454 g/mol. The molecule has 1 aliphatic heterocycles. The van der Waals surface area contributed by atoms with Crippen LogP contribution in [0.1, 0.15) is 16.1 Å². The predicted molar refractivity (Wildman–Crippen MR) is 103 cm³/mol. The maximum Gasteiger partial charge on any atom is 0.433 e. The highest BCUT2D eigenvalue weighted by molar-refractivity contribution is 7.90. The molecule has 2 aromatic heterocycles. The van der Waals surface area contributed by atoms with E-state index in [0.29, 0.717) is 30.8 Å². The van der Waals surface area contributed by atoms with Crippen molar-refractivity contribution in [1.82, 2.24) is 19.5 Å². The highest BCUT2D eigenvalue weighted by Crippen LogP contribution is 2.33. The van der Waals surface area contributed by atoms with E-state index in [-0.39, 0.29) is 27.4 Å². The van der Waals surface area contributed by atoms with E-state index in [9.17, 15) is 26.4 Å². The van der Waals surface area contributed by atoms with Gasteiger partial charge in [-0.15, -0.1) is 0 Å². The summed E-state index contributed by atoms with van der Waals surface area (Å²) in [5.41, 5.74) is -1.17. The van der Waals surface area contributed by atoms with Gasteiger partial charge in [0.2, 0.25) is 0 Å². The van der Waals surface area contributed by atoms with Crippen LogP contribution in [-0.4, -0.2) is 66.4 Å². The van der Waals surface area contributed by atoms with Gasteiger partial charge >= 0.3 is 6.18 Å². The second kappa shape index (κ2) is 7.61. The molecule has 1 aromatic carbocycles. The van der Waals surface area contributed by atoms with Gasteiger partial charge in [0.25, 0.3) is 5.91 Å². The van der Waals surface area contributed by atoms with Crippen LogP contribution in [0.4, 0.5) is 13.2 Å². The minimum atomic E-state index is -4.76. The Labute approximate surface area is 175 Å². The van der Waals surface area contributed by atoms with Crippen LogP contribution >= 0.6 is 0 Å². The van der Waals surface area contributed by atoms with Crippen LogP contribution in [0.5, 0.6) is 0 Å². The molecule has 0 aliphatic carbocycles. The van der Waals surface area contributed by atoms with E-state index in [1.165, 1.54) is 29.2 Å². The molecule has 1 aliphatic rings. The number of alkyl halides is 3. The third-order valence-electron chi connectivity index (χ3n) is 4.87. The molecule has 8 nitrogen and oxygen atoms in total. The van der Waals surface area contributed by atoms with Gasteiger partial charge in [0.05, 0.1) is 30.0 Å². The Morgan fingerprint density at radius 2 is 1.77 bits per heavy atom. The molecular weight excluding hydrogens is 437 g/mol. The first-order valence-corrected chi connectivity index (χ1v) is 11.1. The lowest BCUT2D eigenvalue weighted by molar-refractivity contribution is -0.142. The average Bonchev–Trinajstić information content (AvgIpc) is 3.15. The number of ether oxygens (including phenoxy) is 1. The molecule has 1 fully saturated rings. The molecule has 0 N–H and O–H groups in total. The van der Waals surface area contributed by atoms with Crippen LogP contribution in [0.2, 0.25) is 0 Å². The van der Waals surface area contributed by atoms with Crippen molar-refractivity contribution in [2.75, 3.05) is 32.6 Å². The van der Waals surface area contributed by atoms with Gasteiger partial charge in [0.1, 0.15) is 5.56 Å². The Bertz CT molecular complexity index is 1250. The maximum atomic E-state index is 13.7. The molecule has 4 rings (SSSR count). The summed E-state index contributed by atoms with van der Waals surface area (Å²) in [7, 11) is -3.46. The van der Waals surface area contributed by atoms with E-state index < -0.39 is 27.6 Å². The fourth-order valence-electron chi connectivity index (χ4n) is 3.27. The summed E-state index contributed by atoms with van der Waals surface area (Å²) in [5.74, 6) is -0.483. The van der Waals surface area contributed by atoms with Crippen molar-refractivity contribution < 1.29 is 31.1 Å². The molecular formula is C19H17F3N4O4S. The fourth-order valence-corrected chi connectivity index (χ4v) is 3.90. The number of carbonyl (C=O) groups excluding carboxylic acids is 1. The molecule has 12 heteroatoms. The maximum absolute atomic E-state index is 13.7. The molecule has 0 spiro atoms. The molecule has 3 heterocycles. The summed E-state index contributed by atoms with van der Waals surface area (Å²) in [6.45, 7) is 1.30. The Hall–Kier alpha value is -2.99. The van der Waals surface area contributed by atoms with Gasteiger partial charge in [0.15, 0.2) is 21.2 Å². The highest BCUT2D eigenvalue weighted by atomic mass is 32.2. The van der Waals surface area contributed by atoms with Crippen molar-refractivity contribution >= 4 is 21.4 Å². The molecule has 0 unspecified atom stereocenters. The topological polar surface area (TPSA) is 93.9 Å². The van der Waals surface area contributed by atoms with Crippen molar-refractivity contribution in [3.63, 3.8) is 0 Å². The van der Waals surface area contributed by atoms with Crippen LogP contribution in [0.25, 0.3) is 16.9 Å². The number of benzene rings is 1. The zero-order valence-corrected chi connectivity index (χ0v) is 17.1. The van der Waals surface area contributed by atoms with Gasteiger partial charge in [-0.25, -0.2) is 17.9 Å². The van der Waals surface area contributed by atoms with Crippen molar-refractivity contribution in [2.24, 2.45) is 0 Å². The minimum Gasteiger partial charge on any atom is -0.378 e. The number of aromatic nitrogens is 3. The molecule has 31 heavy (non-hydrogen) atoms. The van der Waals surface area contributed by atoms with Crippen LogP contribution in [0, 0.1) is 0 Å². The van der Waals surface area contributed by atoms with Crippen molar-refractivity contribution in [3.05, 3.63) is 47.8 Å². The van der Waals surface area contributed by atoms with E-state index in [4.69, 9.17) is 4.74 Å². The van der Waals surface area contributed by atoms with Gasteiger partial charge in [0, 0.05) is 24.9 Å². The summed E-state index contributed by atoms with van der Waals surface area (Å²) in [5, 5.41) is 3.76. The number of carbonyl (C=O) groups is 1. The zero-order chi connectivity index (χ0) is 22.4. The van der Waals surface area contributed by atoms with Gasteiger partial charge in [-0.05, 0) is 18.2 Å². The molecule has 0 radical (unpaired) electrons. The highest BCUT2D eigenvalue weighted by Gasteiger charge is 2.36. The van der Waals surface area contributed by atoms with Crippen LogP contribution in [0.3, 0.4) is 0 Å². The molecule has 0 bridgehead atoms. The van der Waals surface area contributed by atoms with Gasteiger partial charge in [-0.3, -0.25) is 4.79 Å². The SMILES string of the molecule is CS(=O)(=O)c1ccc(-c2cc(C(F)(F)F)n3ncc(C(=O)N4CCOCC4)c3n2)cc1. The molecule has 0 atom stereocenters. The molecule has 1 amide bonds. The normalized spacial score (nSPS) is 15.4. The largest absolute Gasteiger partial charge is 0.433 e. The quantitative estimate of drug-likeness (QED) is 0.603. The lowest BCUT2D eigenvalue weighted by atomic mass is 10.1. The number of hydrogen-bond donors (Lipinski definition) is 0. The van der Waals surface area contributed by atoms with Crippen LogP contribution < -0.4 is 0 Å². The molecule has 0 saturated carbocycles. The number of hydrogen-bond acceptors (Lipinski definition) is 6. The minimum absolute atomic E-state index is 0.0286. The van der Waals surface area contributed by atoms with Gasteiger partial charge < -0.3 is 9.64 Å². The van der Waals surface area contributed by atoms with E-state index in [0.717, 1.165) is 18.5 Å². The van der Waals surface area contributed by atoms with E-state index in [1.54, 1.807) is 0 Å². The third-order valence-corrected chi connectivity index (χ3v) is 6.00. The Morgan fingerprint density at radius 1 is 1.13 bits per heavy atom. The average molecular weight is 454 g/mol. The Balaban J connectivity index is 1.85. The summed E-state index contributed by atoms with van der Waals surface area (Å²) >= 11 is 0. The summed E-state index contributed by atoms with van der Waals surface area (Å²) in [4.78, 5) is 18.6. The first kappa shape index (κ1) is 21.2. The molecule has 3 aromatic rings. The summed E-state index contributed by atoms with van der Waals surface area (Å²) in [6.07, 6.45) is -2.65. The number of morpholine rings is 1. The van der Waals surface area contributed by atoms with Crippen LogP contribution in [-0.2, 0) is 20.8 Å². The summed E-state index contributed by atoms with van der Waals surface area (Å²) in [6, 6.07) is 6.14. The van der Waals surface area contributed by atoms with Gasteiger partial charge in [-0.2, -0.15) is 18.3 Å². The number of halogens is 3. The van der Waals surface area contributed by atoms with Crippen LogP contribution in [0.15, 0.2) is 41.4 Å². The Kier molecular flexibility index (Phi) is 5.21. The number of nitrogens with zero attached hydrogens (tertiary/aromatic N) is 4. The smallest absolute Gasteiger partial charge is 0.378 e.